The van der Waals surface area contributed by atoms with E-state index >= 15 is 0 Å². The van der Waals surface area contributed by atoms with Gasteiger partial charge in [0.15, 0.2) is 10.9 Å². The van der Waals surface area contributed by atoms with Gasteiger partial charge in [-0.1, -0.05) is 11.8 Å². The molecule has 0 atom stereocenters. The van der Waals surface area contributed by atoms with Gasteiger partial charge in [0.2, 0.25) is 0 Å². The van der Waals surface area contributed by atoms with Gasteiger partial charge in [-0.3, -0.25) is 14.2 Å². The van der Waals surface area contributed by atoms with Crippen LogP contribution in [0.15, 0.2) is 28.4 Å². The van der Waals surface area contributed by atoms with Crippen LogP contribution in [0.2, 0.25) is 0 Å². The molecule has 0 fully saturated rings. The lowest BCUT2D eigenvalue weighted by Crippen LogP contribution is -2.26. The average Bonchev–Trinajstić information content (AvgIpc) is 2.75. The van der Waals surface area contributed by atoms with Crippen molar-refractivity contribution in [1.82, 2.24) is 14.5 Å². The fourth-order valence-corrected chi connectivity index (χ4v) is 2.41. The van der Waals surface area contributed by atoms with Crippen LogP contribution in [-0.4, -0.2) is 40.1 Å². The van der Waals surface area contributed by atoms with Crippen LogP contribution in [0.25, 0.3) is 0 Å². The molecule has 1 aromatic heterocycles. The largest absolute Gasteiger partial charge is 0.383 e. The van der Waals surface area contributed by atoms with Crippen molar-refractivity contribution >= 4 is 17.5 Å². The number of nitrogens with zero attached hydrogens (tertiary/aromatic N) is 3. The Morgan fingerprint density at radius 3 is 3.06 bits per heavy atom. The lowest BCUT2D eigenvalue weighted by molar-refractivity contribution is 0.104. The predicted molar refractivity (Wildman–Crippen MR) is 66.4 cm³/mol. The van der Waals surface area contributed by atoms with Crippen molar-refractivity contribution in [3.8, 4) is 0 Å². The van der Waals surface area contributed by atoms with Gasteiger partial charge in [0.05, 0.1) is 0 Å². The van der Waals surface area contributed by atoms with Crippen LogP contribution in [-0.2, 0) is 6.54 Å². The molecule has 0 bridgehead atoms. The van der Waals surface area contributed by atoms with Crippen LogP contribution in [0.3, 0.4) is 0 Å². The zero-order chi connectivity index (χ0) is 12.4. The second kappa shape index (κ2) is 4.75. The van der Waals surface area contributed by atoms with E-state index in [-0.39, 0.29) is 16.9 Å². The SMILES string of the molecule is CN(C)C=CC(=O)c1cnc2n(c1=O)CCS2. The van der Waals surface area contributed by atoms with Crippen LogP contribution >= 0.6 is 11.8 Å². The Bertz CT molecular complexity index is 534. The maximum absolute atomic E-state index is 12.0. The Balaban J connectivity index is 2.35. The van der Waals surface area contributed by atoms with Crippen molar-refractivity contribution in [2.45, 2.75) is 11.7 Å². The van der Waals surface area contributed by atoms with E-state index in [1.165, 1.54) is 24.0 Å². The Morgan fingerprint density at radius 1 is 1.59 bits per heavy atom. The minimum atomic E-state index is -0.302. The number of carbonyl (C=O) groups excluding carboxylic acids is 1. The van der Waals surface area contributed by atoms with Crippen molar-refractivity contribution in [3.05, 3.63) is 34.4 Å². The zero-order valence-corrected chi connectivity index (χ0v) is 10.5. The van der Waals surface area contributed by atoms with Gasteiger partial charge in [-0.15, -0.1) is 0 Å². The summed E-state index contributed by atoms with van der Waals surface area (Å²) in [5, 5.41) is 0.697. The minimum Gasteiger partial charge on any atom is -0.383 e. The first-order valence-corrected chi connectivity index (χ1v) is 6.20. The molecule has 0 radical (unpaired) electrons. The topological polar surface area (TPSA) is 55.2 Å². The van der Waals surface area contributed by atoms with Crippen LogP contribution in [0.4, 0.5) is 0 Å². The number of allylic oxidation sites excluding steroid dienone is 1. The molecular formula is C11H13N3O2S. The van der Waals surface area contributed by atoms with Gasteiger partial charge in [-0.2, -0.15) is 0 Å². The van der Waals surface area contributed by atoms with E-state index in [1.54, 1.807) is 15.7 Å². The first-order valence-electron chi connectivity index (χ1n) is 5.21. The predicted octanol–water partition coefficient (Wildman–Crippen LogP) is 0.607. The number of fused-ring (bicyclic) bond motifs is 1. The molecule has 6 heteroatoms. The van der Waals surface area contributed by atoms with E-state index < -0.39 is 0 Å². The fraction of sp³-hybridized carbons (Fsp3) is 0.364. The standard InChI is InChI=1S/C11H13N3O2S/c1-13(2)4-3-9(15)8-7-12-11-14(10(8)16)5-6-17-11/h3-4,7H,5-6H2,1-2H3. The van der Waals surface area contributed by atoms with Crippen molar-refractivity contribution in [2.75, 3.05) is 19.8 Å². The highest BCUT2D eigenvalue weighted by Gasteiger charge is 2.18. The smallest absolute Gasteiger partial charge is 0.265 e. The maximum Gasteiger partial charge on any atom is 0.265 e. The van der Waals surface area contributed by atoms with E-state index in [1.807, 2.05) is 14.1 Å². The normalized spacial score (nSPS) is 14.0. The molecule has 1 aliphatic rings. The highest BCUT2D eigenvalue weighted by molar-refractivity contribution is 7.99. The third-order valence-corrected chi connectivity index (χ3v) is 3.32. The second-order valence-corrected chi connectivity index (χ2v) is 4.97. The molecule has 2 rings (SSSR count). The molecule has 0 aromatic carbocycles. The number of aromatic nitrogens is 2. The number of rotatable bonds is 3. The lowest BCUT2D eigenvalue weighted by atomic mass is 10.2. The summed E-state index contributed by atoms with van der Waals surface area (Å²) in [5.74, 6) is 0.538. The number of ketones is 1. The molecule has 0 saturated heterocycles. The van der Waals surface area contributed by atoms with Gasteiger partial charge < -0.3 is 4.90 Å². The Labute approximate surface area is 103 Å². The van der Waals surface area contributed by atoms with Crippen LogP contribution in [0, 0.1) is 0 Å². The Kier molecular flexibility index (Phi) is 3.33. The summed E-state index contributed by atoms with van der Waals surface area (Å²) < 4.78 is 1.56. The summed E-state index contributed by atoms with van der Waals surface area (Å²) >= 11 is 1.54. The van der Waals surface area contributed by atoms with E-state index in [2.05, 4.69) is 4.98 Å². The number of carbonyl (C=O) groups is 1. The molecule has 0 amide bonds. The van der Waals surface area contributed by atoms with E-state index in [4.69, 9.17) is 0 Å². The molecular weight excluding hydrogens is 238 g/mol. The van der Waals surface area contributed by atoms with Gasteiger partial charge in [0.1, 0.15) is 5.56 Å². The first-order chi connectivity index (χ1) is 8.09. The lowest BCUT2D eigenvalue weighted by Gasteiger charge is -2.04. The van der Waals surface area contributed by atoms with Crippen LogP contribution in [0.5, 0.6) is 0 Å². The van der Waals surface area contributed by atoms with Crippen molar-refractivity contribution in [3.63, 3.8) is 0 Å². The first kappa shape index (κ1) is 11.9. The molecule has 0 unspecified atom stereocenters. The van der Waals surface area contributed by atoms with E-state index in [0.29, 0.717) is 11.7 Å². The van der Waals surface area contributed by atoms with Gasteiger partial charge >= 0.3 is 0 Å². The van der Waals surface area contributed by atoms with Crippen molar-refractivity contribution < 1.29 is 4.79 Å². The number of hydrogen-bond acceptors (Lipinski definition) is 5. The molecule has 0 N–H and O–H groups in total. The monoisotopic (exact) mass is 251 g/mol. The van der Waals surface area contributed by atoms with Gasteiger partial charge in [0, 0.05) is 44.9 Å². The molecule has 0 aliphatic carbocycles. The summed E-state index contributed by atoms with van der Waals surface area (Å²) in [5.41, 5.74) is -0.109. The third kappa shape index (κ3) is 2.41. The molecule has 1 aromatic rings. The summed E-state index contributed by atoms with van der Waals surface area (Å²) in [7, 11) is 3.63. The van der Waals surface area contributed by atoms with Crippen LogP contribution in [0.1, 0.15) is 10.4 Å². The van der Waals surface area contributed by atoms with Gasteiger partial charge in [0.25, 0.3) is 5.56 Å². The molecule has 17 heavy (non-hydrogen) atoms. The van der Waals surface area contributed by atoms with Crippen molar-refractivity contribution in [2.24, 2.45) is 0 Å². The Hall–Kier alpha value is -1.56. The molecule has 0 spiro atoms. The van der Waals surface area contributed by atoms with Crippen molar-refractivity contribution in [1.29, 1.82) is 0 Å². The molecule has 2 heterocycles. The summed E-state index contributed by atoms with van der Waals surface area (Å²) in [6.07, 6.45) is 4.37. The summed E-state index contributed by atoms with van der Waals surface area (Å²) in [6.45, 7) is 0.629. The molecule has 90 valence electrons. The third-order valence-electron chi connectivity index (χ3n) is 2.35. The summed E-state index contributed by atoms with van der Waals surface area (Å²) in [4.78, 5) is 29.7. The highest BCUT2D eigenvalue weighted by atomic mass is 32.2. The Morgan fingerprint density at radius 2 is 2.35 bits per heavy atom. The molecule has 1 aliphatic heterocycles. The minimum absolute atomic E-state index is 0.134. The summed E-state index contributed by atoms with van der Waals surface area (Å²) in [6, 6.07) is 0. The molecule has 0 saturated carbocycles. The molecule has 5 nitrogen and oxygen atoms in total. The van der Waals surface area contributed by atoms with E-state index in [9.17, 15) is 9.59 Å². The quantitative estimate of drug-likeness (QED) is 0.447. The number of thioether (sulfide) groups is 1. The van der Waals surface area contributed by atoms with Gasteiger partial charge in [-0.25, -0.2) is 4.98 Å². The van der Waals surface area contributed by atoms with E-state index in [0.717, 1.165) is 5.75 Å². The number of hydrogen-bond donors (Lipinski definition) is 0. The zero-order valence-electron chi connectivity index (χ0n) is 9.71. The fourth-order valence-electron chi connectivity index (χ4n) is 1.49. The van der Waals surface area contributed by atoms with Gasteiger partial charge in [-0.05, 0) is 0 Å². The van der Waals surface area contributed by atoms with Crippen LogP contribution < -0.4 is 5.56 Å². The maximum atomic E-state index is 12.0. The highest BCUT2D eigenvalue weighted by Crippen LogP contribution is 2.20. The average molecular weight is 251 g/mol. The second-order valence-electron chi connectivity index (χ2n) is 3.90.